The smallest absolute Gasteiger partial charge is 0.417 e. The van der Waals surface area contributed by atoms with Crippen molar-refractivity contribution >= 4 is 29.2 Å². The number of amides is 2. The van der Waals surface area contributed by atoms with Crippen LogP contribution in [0.15, 0.2) is 30.3 Å². The molecule has 9 heteroatoms. The highest BCUT2D eigenvalue weighted by Gasteiger charge is 2.35. The van der Waals surface area contributed by atoms with Crippen molar-refractivity contribution in [2.75, 3.05) is 19.7 Å². The molecule has 0 aromatic heterocycles. The number of urea groups is 1. The van der Waals surface area contributed by atoms with Crippen LogP contribution in [0.3, 0.4) is 0 Å². The molecule has 0 spiro atoms. The van der Waals surface area contributed by atoms with Crippen molar-refractivity contribution in [3.05, 3.63) is 40.9 Å². The van der Waals surface area contributed by atoms with Crippen LogP contribution in [-0.4, -0.2) is 37.9 Å². The summed E-state index contributed by atoms with van der Waals surface area (Å²) in [5.74, 6) is -1.11. The number of hydrogen-bond donors (Lipinski definition) is 2. The fraction of sp³-hybridized carbons (Fsp3) is 0.375. The maximum atomic E-state index is 13.1. The Bertz CT molecular complexity index is 616. The van der Waals surface area contributed by atoms with Crippen molar-refractivity contribution in [3.8, 4) is 0 Å². The summed E-state index contributed by atoms with van der Waals surface area (Å²) in [6.45, 7) is 2.34. The highest BCUT2D eigenvalue weighted by Crippen LogP contribution is 2.34. The third kappa shape index (κ3) is 7.93. The van der Waals surface area contributed by atoms with Gasteiger partial charge in [0.05, 0.1) is 12.2 Å². The van der Waals surface area contributed by atoms with E-state index in [-0.39, 0.29) is 36.2 Å². The molecule has 2 amide bonds. The zero-order chi connectivity index (χ0) is 18.9. The minimum Gasteiger partial charge on any atom is -0.462 e. The van der Waals surface area contributed by atoms with E-state index >= 15 is 0 Å². The van der Waals surface area contributed by atoms with E-state index < -0.39 is 17.7 Å². The summed E-state index contributed by atoms with van der Waals surface area (Å²) in [5, 5.41) is 5.30. The number of halogens is 4. The van der Waals surface area contributed by atoms with Crippen molar-refractivity contribution in [2.45, 2.75) is 19.5 Å². The van der Waals surface area contributed by atoms with Crippen LogP contribution < -0.4 is 10.6 Å². The van der Waals surface area contributed by atoms with Crippen molar-refractivity contribution in [3.63, 3.8) is 0 Å². The SMILES string of the molecule is CCNC(=O)NCCCOC(=O)/C=C(/c1ccc(Cl)cc1)C(F)(F)F. The minimum absolute atomic E-state index is 0.118. The molecule has 0 radical (unpaired) electrons. The highest BCUT2D eigenvalue weighted by molar-refractivity contribution is 6.30. The molecule has 0 heterocycles. The predicted octanol–water partition coefficient (Wildman–Crippen LogP) is 3.54. The first-order valence-corrected chi connectivity index (χ1v) is 7.85. The van der Waals surface area contributed by atoms with Crippen molar-refractivity contribution in [1.29, 1.82) is 0 Å². The molecule has 1 aromatic carbocycles. The molecule has 138 valence electrons. The fourth-order valence-corrected chi connectivity index (χ4v) is 1.91. The average molecular weight is 379 g/mol. The Morgan fingerprint density at radius 2 is 1.84 bits per heavy atom. The molecule has 0 aliphatic heterocycles. The predicted molar refractivity (Wildman–Crippen MR) is 88.1 cm³/mol. The van der Waals surface area contributed by atoms with Crippen LogP contribution in [0.25, 0.3) is 5.57 Å². The van der Waals surface area contributed by atoms with Gasteiger partial charge in [0.2, 0.25) is 0 Å². The molecule has 25 heavy (non-hydrogen) atoms. The molecule has 0 atom stereocenters. The molecule has 0 bridgehead atoms. The molecule has 0 saturated heterocycles. The number of esters is 1. The van der Waals surface area contributed by atoms with Gasteiger partial charge in [0.25, 0.3) is 0 Å². The van der Waals surface area contributed by atoms with Gasteiger partial charge in [0.15, 0.2) is 0 Å². The third-order valence-corrected chi connectivity index (χ3v) is 3.16. The second-order valence-electron chi connectivity index (χ2n) is 4.87. The average Bonchev–Trinajstić information content (AvgIpc) is 2.52. The molecule has 0 aliphatic rings. The Balaban J connectivity index is 2.59. The molecular weight excluding hydrogens is 361 g/mol. The summed E-state index contributed by atoms with van der Waals surface area (Å²) in [5.41, 5.74) is -1.30. The highest BCUT2D eigenvalue weighted by atomic mass is 35.5. The first-order valence-electron chi connectivity index (χ1n) is 7.47. The van der Waals surface area contributed by atoms with Crippen LogP contribution in [0, 0.1) is 0 Å². The summed E-state index contributed by atoms with van der Waals surface area (Å²) in [6, 6.07) is 4.58. The Morgan fingerprint density at radius 1 is 1.20 bits per heavy atom. The first-order chi connectivity index (χ1) is 11.7. The summed E-state index contributed by atoms with van der Waals surface area (Å²) in [7, 11) is 0. The van der Waals surface area contributed by atoms with Crippen LogP contribution in [0.2, 0.25) is 5.02 Å². The van der Waals surface area contributed by atoms with Gasteiger partial charge in [-0.15, -0.1) is 0 Å². The number of nitrogens with one attached hydrogen (secondary N) is 2. The van der Waals surface area contributed by atoms with Crippen molar-refractivity contribution in [2.24, 2.45) is 0 Å². The molecular formula is C16H18ClF3N2O3. The Labute approximate surface area is 148 Å². The zero-order valence-corrected chi connectivity index (χ0v) is 14.2. The molecule has 0 aliphatic carbocycles. The second kappa shape index (κ2) is 9.93. The van der Waals surface area contributed by atoms with Crippen LogP contribution in [0.1, 0.15) is 18.9 Å². The normalized spacial score (nSPS) is 11.8. The maximum Gasteiger partial charge on any atom is 0.417 e. The van der Waals surface area contributed by atoms with E-state index in [2.05, 4.69) is 10.6 Å². The number of benzene rings is 1. The van der Waals surface area contributed by atoms with E-state index in [1.165, 1.54) is 24.3 Å². The quantitative estimate of drug-likeness (QED) is 0.433. The van der Waals surface area contributed by atoms with Gasteiger partial charge in [-0.05, 0) is 31.0 Å². The van der Waals surface area contributed by atoms with Gasteiger partial charge < -0.3 is 15.4 Å². The van der Waals surface area contributed by atoms with E-state index in [1.807, 2.05) is 0 Å². The van der Waals surface area contributed by atoms with Gasteiger partial charge in [0.1, 0.15) is 0 Å². The van der Waals surface area contributed by atoms with Gasteiger partial charge in [-0.1, -0.05) is 23.7 Å². The number of carbonyl (C=O) groups excluding carboxylic acids is 2. The lowest BCUT2D eigenvalue weighted by atomic mass is 10.1. The number of hydrogen-bond acceptors (Lipinski definition) is 3. The summed E-state index contributed by atoms with van der Waals surface area (Å²) in [6.07, 6.45) is -4.04. The van der Waals surface area contributed by atoms with Crippen molar-refractivity contribution < 1.29 is 27.5 Å². The standard InChI is InChI=1S/C16H18ClF3N2O3/c1-2-21-15(24)22-8-3-9-25-14(23)10-13(16(18,19)20)11-4-6-12(17)7-5-11/h4-7,10H,2-3,8-9H2,1H3,(H2,21,22,24)/b13-10-. The van der Waals surface area contributed by atoms with E-state index in [0.29, 0.717) is 12.6 Å². The number of carbonyl (C=O) groups is 2. The Morgan fingerprint density at radius 3 is 2.40 bits per heavy atom. The van der Waals surface area contributed by atoms with E-state index in [9.17, 15) is 22.8 Å². The van der Waals surface area contributed by atoms with E-state index in [0.717, 1.165) is 0 Å². The number of allylic oxidation sites excluding steroid dienone is 1. The molecule has 0 unspecified atom stereocenters. The fourth-order valence-electron chi connectivity index (χ4n) is 1.79. The molecule has 1 rings (SSSR count). The number of ether oxygens (including phenoxy) is 1. The topological polar surface area (TPSA) is 67.4 Å². The van der Waals surface area contributed by atoms with Gasteiger partial charge in [0, 0.05) is 24.2 Å². The minimum atomic E-state index is -4.72. The summed E-state index contributed by atoms with van der Waals surface area (Å²) >= 11 is 5.65. The molecule has 0 fully saturated rings. The summed E-state index contributed by atoms with van der Waals surface area (Å²) in [4.78, 5) is 22.7. The van der Waals surface area contributed by atoms with Crippen LogP contribution in [0.4, 0.5) is 18.0 Å². The largest absolute Gasteiger partial charge is 0.462 e. The molecule has 2 N–H and O–H groups in total. The van der Waals surface area contributed by atoms with Crippen LogP contribution >= 0.6 is 11.6 Å². The van der Waals surface area contributed by atoms with Crippen LogP contribution in [0.5, 0.6) is 0 Å². The zero-order valence-electron chi connectivity index (χ0n) is 13.5. The van der Waals surface area contributed by atoms with Crippen LogP contribution in [-0.2, 0) is 9.53 Å². The number of alkyl halides is 3. The van der Waals surface area contributed by atoms with E-state index in [1.54, 1.807) is 6.92 Å². The Hall–Kier alpha value is -2.22. The van der Waals surface area contributed by atoms with E-state index in [4.69, 9.17) is 16.3 Å². The first kappa shape index (κ1) is 20.8. The Kier molecular flexibility index (Phi) is 8.27. The molecule has 5 nitrogen and oxygen atoms in total. The van der Waals surface area contributed by atoms with Gasteiger partial charge in [-0.2, -0.15) is 13.2 Å². The monoisotopic (exact) mass is 378 g/mol. The lowest BCUT2D eigenvalue weighted by molar-refractivity contribution is -0.138. The molecule has 1 aromatic rings. The maximum absolute atomic E-state index is 13.1. The van der Waals surface area contributed by atoms with Gasteiger partial charge in [-0.3, -0.25) is 0 Å². The lowest BCUT2D eigenvalue weighted by Gasteiger charge is -2.12. The van der Waals surface area contributed by atoms with Gasteiger partial charge in [-0.25, -0.2) is 9.59 Å². The second-order valence-corrected chi connectivity index (χ2v) is 5.31. The number of rotatable bonds is 7. The lowest BCUT2D eigenvalue weighted by Crippen LogP contribution is -2.36. The summed E-state index contributed by atoms with van der Waals surface area (Å²) < 4.78 is 44.1. The third-order valence-electron chi connectivity index (χ3n) is 2.91. The molecule has 0 saturated carbocycles. The van der Waals surface area contributed by atoms with Crippen molar-refractivity contribution in [1.82, 2.24) is 10.6 Å². The van der Waals surface area contributed by atoms with Gasteiger partial charge >= 0.3 is 18.2 Å².